The van der Waals surface area contributed by atoms with Gasteiger partial charge in [-0.25, -0.2) is 4.98 Å². The number of nitrogens with one attached hydrogen (secondary N) is 1. The fraction of sp³-hybridized carbons (Fsp3) is 0.615. The van der Waals surface area contributed by atoms with Gasteiger partial charge >= 0.3 is 0 Å². The minimum absolute atomic E-state index is 0.320. The van der Waals surface area contributed by atoms with Gasteiger partial charge in [-0.05, 0) is 52.7 Å². The number of aromatic nitrogens is 1. The highest BCUT2D eigenvalue weighted by Gasteiger charge is 2.24. The Balaban J connectivity index is 1.86. The van der Waals surface area contributed by atoms with Gasteiger partial charge in [0.2, 0.25) is 0 Å². The van der Waals surface area contributed by atoms with Gasteiger partial charge in [-0.1, -0.05) is 12.8 Å². The fourth-order valence-corrected chi connectivity index (χ4v) is 2.74. The van der Waals surface area contributed by atoms with Gasteiger partial charge in [-0.15, -0.1) is 0 Å². The molecule has 0 amide bonds. The molecule has 94 valence electrons. The molecule has 1 fully saturated rings. The first-order valence-corrected chi connectivity index (χ1v) is 7.05. The minimum atomic E-state index is 0.320. The smallest absolute Gasteiger partial charge is 0.125 e. The second kappa shape index (κ2) is 6.36. The number of halogens is 1. The molecule has 1 aromatic rings. The van der Waals surface area contributed by atoms with Crippen LogP contribution in [-0.4, -0.2) is 23.2 Å². The number of rotatable bonds is 4. The maximum Gasteiger partial charge on any atom is 0.125 e. The van der Waals surface area contributed by atoms with Crippen LogP contribution in [0.2, 0.25) is 0 Å². The van der Waals surface area contributed by atoms with Crippen molar-refractivity contribution in [2.75, 3.05) is 18.5 Å². The summed E-state index contributed by atoms with van der Waals surface area (Å²) in [7, 11) is 0. The molecule has 1 heterocycles. The van der Waals surface area contributed by atoms with Crippen molar-refractivity contribution in [1.82, 2.24) is 4.98 Å². The van der Waals surface area contributed by atoms with Crippen molar-refractivity contribution in [2.24, 2.45) is 11.8 Å². The zero-order valence-electron chi connectivity index (χ0n) is 9.90. The molecule has 1 aliphatic carbocycles. The SMILES string of the molecule is OCC1CCCCC1CNc1ccc(Br)cn1. The fourth-order valence-electron chi connectivity index (χ4n) is 2.51. The molecule has 2 rings (SSSR count). The first-order chi connectivity index (χ1) is 8.29. The predicted octanol–water partition coefficient (Wildman–Crippen LogP) is 3.05. The molecule has 0 bridgehead atoms. The normalized spacial score (nSPS) is 24.6. The van der Waals surface area contributed by atoms with E-state index in [1.807, 2.05) is 12.1 Å². The lowest BCUT2D eigenvalue weighted by Crippen LogP contribution is -2.28. The van der Waals surface area contributed by atoms with Crippen molar-refractivity contribution in [3.8, 4) is 0 Å². The molecule has 0 aromatic carbocycles. The third-order valence-electron chi connectivity index (χ3n) is 3.57. The quantitative estimate of drug-likeness (QED) is 0.898. The van der Waals surface area contributed by atoms with Crippen molar-refractivity contribution in [1.29, 1.82) is 0 Å². The van der Waals surface area contributed by atoms with Crippen molar-refractivity contribution >= 4 is 21.7 Å². The van der Waals surface area contributed by atoms with Gasteiger partial charge in [0.05, 0.1) is 0 Å². The van der Waals surface area contributed by atoms with E-state index >= 15 is 0 Å². The summed E-state index contributed by atoms with van der Waals surface area (Å²) in [6.07, 6.45) is 6.73. The zero-order chi connectivity index (χ0) is 12.1. The van der Waals surface area contributed by atoms with Crippen LogP contribution in [0, 0.1) is 11.8 Å². The molecule has 3 nitrogen and oxygen atoms in total. The van der Waals surface area contributed by atoms with E-state index in [4.69, 9.17) is 0 Å². The van der Waals surface area contributed by atoms with Crippen molar-refractivity contribution < 1.29 is 5.11 Å². The van der Waals surface area contributed by atoms with E-state index in [-0.39, 0.29) is 0 Å². The lowest BCUT2D eigenvalue weighted by molar-refractivity contribution is 0.141. The topological polar surface area (TPSA) is 45.1 Å². The van der Waals surface area contributed by atoms with Gasteiger partial charge in [0.15, 0.2) is 0 Å². The van der Waals surface area contributed by atoms with Crippen molar-refractivity contribution in [3.63, 3.8) is 0 Å². The second-order valence-corrected chi connectivity index (χ2v) is 5.65. The molecule has 1 aromatic heterocycles. The van der Waals surface area contributed by atoms with Gasteiger partial charge in [-0.2, -0.15) is 0 Å². The maximum absolute atomic E-state index is 9.35. The molecule has 0 aliphatic heterocycles. The Hall–Kier alpha value is -0.610. The third-order valence-corrected chi connectivity index (χ3v) is 4.04. The van der Waals surface area contributed by atoms with Crippen LogP contribution in [-0.2, 0) is 0 Å². The predicted molar refractivity (Wildman–Crippen MR) is 73.0 cm³/mol. The summed E-state index contributed by atoms with van der Waals surface area (Å²) in [6, 6.07) is 3.96. The van der Waals surface area contributed by atoms with Crippen LogP contribution in [0.25, 0.3) is 0 Å². The molecule has 1 saturated carbocycles. The number of pyridine rings is 1. The molecule has 4 heteroatoms. The van der Waals surface area contributed by atoms with E-state index in [0.717, 1.165) is 23.3 Å². The third kappa shape index (κ3) is 3.68. The highest BCUT2D eigenvalue weighted by Crippen LogP contribution is 2.29. The summed E-state index contributed by atoms with van der Waals surface area (Å²) in [5.41, 5.74) is 0. The Kier molecular flexibility index (Phi) is 4.80. The Morgan fingerprint density at radius 1 is 1.29 bits per heavy atom. The average Bonchev–Trinajstić information content (AvgIpc) is 2.38. The summed E-state index contributed by atoms with van der Waals surface area (Å²) in [4.78, 5) is 4.29. The standard InChI is InChI=1S/C13H19BrN2O/c14-12-5-6-13(16-8-12)15-7-10-3-1-2-4-11(10)9-17/h5-6,8,10-11,17H,1-4,7,9H2,(H,15,16). The summed E-state index contributed by atoms with van der Waals surface area (Å²) in [6.45, 7) is 1.24. The first kappa shape index (κ1) is 12.8. The largest absolute Gasteiger partial charge is 0.396 e. The molecule has 0 saturated heterocycles. The molecule has 0 radical (unpaired) electrons. The van der Waals surface area contributed by atoms with Crippen LogP contribution in [0.1, 0.15) is 25.7 Å². The van der Waals surface area contributed by atoms with E-state index in [1.54, 1.807) is 6.20 Å². The molecular formula is C13H19BrN2O. The number of aliphatic hydroxyl groups is 1. The van der Waals surface area contributed by atoms with Gasteiger partial charge in [0.1, 0.15) is 5.82 Å². The van der Waals surface area contributed by atoms with Gasteiger partial charge < -0.3 is 10.4 Å². The summed E-state index contributed by atoms with van der Waals surface area (Å²) >= 11 is 3.37. The summed E-state index contributed by atoms with van der Waals surface area (Å²) in [5.74, 6) is 1.96. The number of hydrogen-bond donors (Lipinski definition) is 2. The average molecular weight is 299 g/mol. The van der Waals surface area contributed by atoms with Gasteiger partial charge in [0.25, 0.3) is 0 Å². The molecular weight excluding hydrogens is 280 g/mol. The van der Waals surface area contributed by atoms with Crippen LogP contribution >= 0.6 is 15.9 Å². The Labute approximate surface area is 111 Å². The monoisotopic (exact) mass is 298 g/mol. The molecule has 2 N–H and O–H groups in total. The second-order valence-electron chi connectivity index (χ2n) is 4.73. The lowest BCUT2D eigenvalue weighted by Gasteiger charge is -2.30. The number of anilines is 1. The minimum Gasteiger partial charge on any atom is -0.396 e. The van der Waals surface area contributed by atoms with E-state index in [1.165, 1.54) is 19.3 Å². The maximum atomic E-state index is 9.35. The number of hydrogen-bond acceptors (Lipinski definition) is 3. The molecule has 2 unspecified atom stereocenters. The Morgan fingerprint density at radius 3 is 2.71 bits per heavy atom. The highest BCUT2D eigenvalue weighted by molar-refractivity contribution is 9.10. The van der Waals surface area contributed by atoms with E-state index in [0.29, 0.717) is 18.4 Å². The Bertz CT molecular complexity index is 342. The molecule has 17 heavy (non-hydrogen) atoms. The summed E-state index contributed by atoms with van der Waals surface area (Å²) in [5, 5.41) is 12.7. The van der Waals surface area contributed by atoms with Gasteiger partial charge in [-0.3, -0.25) is 0 Å². The molecule has 2 atom stereocenters. The van der Waals surface area contributed by atoms with Crippen LogP contribution < -0.4 is 5.32 Å². The lowest BCUT2D eigenvalue weighted by atomic mass is 9.79. The van der Waals surface area contributed by atoms with Crippen LogP contribution in [0.15, 0.2) is 22.8 Å². The van der Waals surface area contributed by atoms with E-state index < -0.39 is 0 Å². The highest BCUT2D eigenvalue weighted by atomic mass is 79.9. The van der Waals surface area contributed by atoms with Crippen LogP contribution in [0.4, 0.5) is 5.82 Å². The zero-order valence-corrected chi connectivity index (χ0v) is 11.5. The van der Waals surface area contributed by atoms with Crippen molar-refractivity contribution in [3.05, 3.63) is 22.8 Å². The van der Waals surface area contributed by atoms with E-state index in [2.05, 4.69) is 26.2 Å². The number of aliphatic hydroxyl groups excluding tert-OH is 1. The summed E-state index contributed by atoms with van der Waals surface area (Å²) < 4.78 is 0.994. The van der Waals surface area contributed by atoms with Gasteiger partial charge in [0, 0.05) is 23.8 Å². The van der Waals surface area contributed by atoms with Crippen LogP contribution in [0.3, 0.4) is 0 Å². The molecule has 1 aliphatic rings. The number of nitrogens with zero attached hydrogens (tertiary/aromatic N) is 1. The van der Waals surface area contributed by atoms with E-state index in [9.17, 15) is 5.11 Å². The first-order valence-electron chi connectivity index (χ1n) is 6.26. The Morgan fingerprint density at radius 2 is 2.06 bits per heavy atom. The van der Waals surface area contributed by atoms with Crippen molar-refractivity contribution in [2.45, 2.75) is 25.7 Å². The molecule has 0 spiro atoms. The van der Waals surface area contributed by atoms with Crippen LogP contribution in [0.5, 0.6) is 0 Å².